The predicted octanol–water partition coefficient (Wildman–Crippen LogP) is 0.979. The van der Waals surface area contributed by atoms with E-state index in [1.807, 2.05) is 39.8 Å². The number of nitrogens with zero attached hydrogens (tertiary/aromatic N) is 1. The van der Waals surface area contributed by atoms with Gasteiger partial charge in [-0.15, -0.1) is 0 Å². The van der Waals surface area contributed by atoms with Crippen LogP contribution in [0.15, 0.2) is 18.2 Å². The van der Waals surface area contributed by atoms with Gasteiger partial charge in [-0.2, -0.15) is 0 Å². The minimum absolute atomic E-state index is 0.0640. The highest BCUT2D eigenvalue weighted by atomic mass is 16.2. The van der Waals surface area contributed by atoms with Gasteiger partial charge in [0.05, 0.1) is 17.9 Å². The molecule has 1 rings (SSSR count). The monoisotopic (exact) mass is 292 g/mol. The standard InChI is InChI=1S/C15H24N4O2/c1-15(2,3)18-13(20)9-17-14(21)10-6-7-12(19(4)5)11(16)8-10/h6-8H,9,16H2,1-5H3,(H,17,21)(H,18,20). The molecule has 1 aromatic rings. The molecule has 21 heavy (non-hydrogen) atoms. The van der Waals surface area contributed by atoms with Crippen molar-refractivity contribution in [2.24, 2.45) is 0 Å². The van der Waals surface area contributed by atoms with Crippen molar-refractivity contribution < 1.29 is 9.59 Å². The second-order valence-electron chi connectivity index (χ2n) is 6.15. The zero-order valence-electron chi connectivity index (χ0n) is 13.3. The maximum Gasteiger partial charge on any atom is 0.251 e. The fraction of sp³-hybridized carbons (Fsp3) is 0.467. The lowest BCUT2D eigenvalue weighted by atomic mass is 10.1. The van der Waals surface area contributed by atoms with Crippen LogP contribution in [0.1, 0.15) is 31.1 Å². The number of carbonyl (C=O) groups excluding carboxylic acids is 2. The van der Waals surface area contributed by atoms with E-state index in [4.69, 9.17) is 5.73 Å². The highest BCUT2D eigenvalue weighted by molar-refractivity contribution is 5.98. The Morgan fingerprint density at radius 3 is 2.33 bits per heavy atom. The van der Waals surface area contributed by atoms with Gasteiger partial charge in [0.25, 0.3) is 5.91 Å². The van der Waals surface area contributed by atoms with Crippen LogP contribution in [0.5, 0.6) is 0 Å². The van der Waals surface area contributed by atoms with Crippen LogP contribution in [0, 0.1) is 0 Å². The summed E-state index contributed by atoms with van der Waals surface area (Å²) in [6.07, 6.45) is 0. The summed E-state index contributed by atoms with van der Waals surface area (Å²) in [5, 5.41) is 5.35. The Morgan fingerprint density at radius 1 is 1.24 bits per heavy atom. The zero-order valence-corrected chi connectivity index (χ0v) is 13.3. The fourth-order valence-electron chi connectivity index (χ4n) is 1.83. The molecule has 0 aromatic heterocycles. The Bertz CT molecular complexity index is 533. The largest absolute Gasteiger partial charge is 0.397 e. The van der Waals surface area contributed by atoms with Crippen molar-refractivity contribution in [1.29, 1.82) is 0 Å². The molecule has 0 saturated heterocycles. The average molecular weight is 292 g/mol. The van der Waals surface area contributed by atoms with Crippen molar-refractivity contribution in [2.45, 2.75) is 26.3 Å². The van der Waals surface area contributed by atoms with Gasteiger partial charge in [0.2, 0.25) is 5.91 Å². The van der Waals surface area contributed by atoms with Crippen LogP contribution in [0.25, 0.3) is 0 Å². The first-order chi connectivity index (χ1) is 9.60. The van der Waals surface area contributed by atoms with E-state index in [0.29, 0.717) is 11.3 Å². The predicted molar refractivity (Wildman–Crippen MR) is 85.4 cm³/mol. The number of anilines is 2. The number of nitrogens with one attached hydrogen (secondary N) is 2. The van der Waals surface area contributed by atoms with E-state index in [2.05, 4.69) is 10.6 Å². The average Bonchev–Trinajstić information content (AvgIpc) is 2.33. The first-order valence-electron chi connectivity index (χ1n) is 6.76. The molecule has 116 valence electrons. The second kappa shape index (κ2) is 6.47. The molecule has 6 nitrogen and oxygen atoms in total. The van der Waals surface area contributed by atoms with Crippen molar-refractivity contribution in [3.05, 3.63) is 23.8 Å². The van der Waals surface area contributed by atoms with Gasteiger partial charge in [0, 0.05) is 25.2 Å². The summed E-state index contributed by atoms with van der Waals surface area (Å²) in [5.74, 6) is -0.551. The lowest BCUT2D eigenvalue weighted by Gasteiger charge is -2.20. The molecular weight excluding hydrogens is 268 g/mol. The lowest BCUT2D eigenvalue weighted by molar-refractivity contribution is -0.121. The van der Waals surface area contributed by atoms with Gasteiger partial charge in [0.15, 0.2) is 0 Å². The third kappa shape index (κ3) is 5.33. The van der Waals surface area contributed by atoms with Gasteiger partial charge in [-0.25, -0.2) is 0 Å². The summed E-state index contributed by atoms with van der Waals surface area (Å²) in [4.78, 5) is 25.5. The number of benzene rings is 1. The van der Waals surface area contributed by atoms with Crippen molar-refractivity contribution in [2.75, 3.05) is 31.3 Å². The molecule has 0 spiro atoms. The van der Waals surface area contributed by atoms with E-state index in [0.717, 1.165) is 5.69 Å². The minimum atomic E-state index is -0.323. The molecule has 1 aromatic carbocycles. The summed E-state index contributed by atoms with van der Waals surface area (Å²) in [7, 11) is 3.75. The molecular formula is C15H24N4O2. The normalized spacial score (nSPS) is 10.9. The van der Waals surface area contributed by atoms with Crippen LogP contribution in [0.4, 0.5) is 11.4 Å². The van der Waals surface area contributed by atoms with Gasteiger partial charge in [-0.3, -0.25) is 9.59 Å². The summed E-state index contributed by atoms with van der Waals surface area (Å²) in [6.45, 7) is 5.58. The quantitative estimate of drug-likeness (QED) is 0.722. The summed E-state index contributed by atoms with van der Waals surface area (Å²) < 4.78 is 0. The van der Waals surface area contributed by atoms with Crippen LogP contribution in [0.3, 0.4) is 0 Å². The molecule has 0 saturated carbocycles. The molecule has 6 heteroatoms. The number of amides is 2. The Labute approximate surface area is 125 Å². The molecule has 0 fully saturated rings. The molecule has 0 atom stereocenters. The van der Waals surface area contributed by atoms with E-state index in [1.54, 1.807) is 18.2 Å². The Kier molecular flexibility index (Phi) is 5.18. The van der Waals surface area contributed by atoms with Crippen LogP contribution >= 0.6 is 0 Å². The molecule has 4 N–H and O–H groups in total. The van der Waals surface area contributed by atoms with E-state index in [-0.39, 0.29) is 23.9 Å². The fourth-order valence-corrected chi connectivity index (χ4v) is 1.83. The molecule has 2 amide bonds. The lowest BCUT2D eigenvalue weighted by Crippen LogP contribution is -2.45. The maximum atomic E-state index is 12.0. The van der Waals surface area contributed by atoms with E-state index >= 15 is 0 Å². The molecule has 0 unspecified atom stereocenters. The van der Waals surface area contributed by atoms with Gasteiger partial charge in [-0.1, -0.05) is 0 Å². The van der Waals surface area contributed by atoms with E-state index in [9.17, 15) is 9.59 Å². The van der Waals surface area contributed by atoms with Crippen molar-refractivity contribution in [3.8, 4) is 0 Å². The van der Waals surface area contributed by atoms with Crippen molar-refractivity contribution in [1.82, 2.24) is 10.6 Å². The third-order valence-electron chi connectivity index (χ3n) is 2.70. The molecule has 0 aliphatic carbocycles. The number of rotatable bonds is 4. The Morgan fingerprint density at radius 2 is 1.86 bits per heavy atom. The van der Waals surface area contributed by atoms with Crippen molar-refractivity contribution in [3.63, 3.8) is 0 Å². The number of hydrogen-bond acceptors (Lipinski definition) is 4. The molecule has 0 radical (unpaired) electrons. The second-order valence-corrected chi connectivity index (χ2v) is 6.15. The maximum absolute atomic E-state index is 12.0. The zero-order chi connectivity index (χ0) is 16.2. The summed E-state index contributed by atoms with van der Waals surface area (Å²) in [6, 6.07) is 5.06. The van der Waals surface area contributed by atoms with Gasteiger partial charge in [-0.05, 0) is 39.0 Å². The molecule has 0 heterocycles. The molecule has 0 aliphatic rings. The number of nitrogen functional groups attached to an aromatic ring is 1. The summed E-state index contributed by atoms with van der Waals surface area (Å²) in [5.41, 5.74) is 7.38. The van der Waals surface area contributed by atoms with Crippen LogP contribution in [-0.4, -0.2) is 38.0 Å². The van der Waals surface area contributed by atoms with Gasteiger partial charge < -0.3 is 21.3 Å². The van der Waals surface area contributed by atoms with E-state index < -0.39 is 0 Å². The first-order valence-corrected chi connectivity index (χ1v) is 6.76. The highest BCUT2D eigenvalue weighted by Crippen LogP contribution is 2.22. The van der Waals surface area contributed by atoms with Gasteiger partial charge >= 0.3 is 0 Å². The number of carbonyl (C=O) groups is 2. The smallest absolute Gasteiger partial charge is 0.251 e. The first kappa shape index (κ1) is 16.8. The van der Waals surface area contributed by atoms with E-state index in [1.165, 1.54) is 0 Å². The highest BCUT2D eigenvalue weighted by Gasteiger charge is 2.15. The molecule has 0 aliphatic heterocycles. The number of hydrogen-bond donors (Lipinski definition) is 3. The Balaban J connectivity index is 2.65. The number of nitrogens with two attached hydrogens (primary N) is 1. The summed E-state index contributed by atoms with van der Waals surface area (Å²) >= 11 is 0. The third-order valence-corrected chi connectivity index (χ3v) is 2.70. The van der Waals surface area contributed by atoms with Gasteiger partial charge in [0.1, 0.15) is 0 Å². The van der Waals surface area contributed by atoms with Crippen molar-refractivity contribution >= 4 is 23.2 Å². The van der Waals surface area contributed by atoms with Crippen LogP contribution in [-0.2, 0) is 4.79 Å². The SMILES string of the molecule is CN(C)c1ccc(C(=O)NCC(=O)NC(C)(C)C)cc1N. The molecule has 0 bridgehead atoms. The topological polar surface area (TPSA) is 87.5 Å². The minimum Gasteiger partial charge on any atom is -0.397 e. The van der Waals surface area contributed by atoms with Crippen LogP contribution < -0.4 is 21.3 Å². The Hall–Kier alpha value is -2.24. The van der Waals surface area contributed by atoms with Crippen LogP contribution in [0.2, 0.25) is 0 Å².